The third-order valence-corrected chi connectivity index (χ3v) is 2.38. The van der Waals surface area contributed by atoms with Crippen LogP contribution in [0.1, 0.15) is 31.1 Å². The van der Waals surface area contributed by atoms with Gasteiger partial charge in [-0.25, -0.2) is 4.68 Å². The van der Waals surface area contributed by atoms with Crippen molar-refractivity contribution in [1.82, 2.24) is 14.3 Å². The largest absolute Gasteiger partial charge is 0.308 e. The summed E-state index contributed by atoms with van der Waals surface area (Å²) in [4.78, 5) is 11.0. The first kappa shape index (κ1) is 10.7. The van der Waals surface area contributed by atoms with Crippen LogP contribution in [0.3, 0.4) is 0 Å². The monoisotopic (exact) mass is 217 g/mol. The molecule has 0 aliphatic carbocycles. The van der Waals surface area contributed by atoms with Crippen LogP contribution in [0.15, 0.2) is 30.7 Å². The summed E-state index contributed by atoms with van der Waals surface area (Å²) in [6, 6.07) is 3.85. The molecule has 0 fully saturated rings. The van der Waals surface area contributed by atoms with E-state index in [2.05, 4.69) is 25.9 Å². The number of carbonyl (C=O) groups excluding carboxylic acids is 1. The maximum absolute atomic E-state index is 11.0. The van der Waals surface area contributed by atoms with Gasteiger partial charge >= 0.3 is 0 Å². The van der Waals surface area contributed by atoms with Crippen LogP contribution in [0, 0.1) is 0 Å². The van der Waals surface area contributed by atoms with Gasteiger partial charge in [-0.1, -0.05) is 0 Å². The van der Waals surface area contributed by atoms with E-state index in [0.29, 0.717) is 5.56 Å². The summed E-state index contributed by atoms with van der Waals surface area (Å²) in [5, 5.41) is 4.28. The normalized spacial score (nSPS) is 11.7. The van der Waals surface area contributed by atoms with Crippen molar-refractivity contribution in [3.63, 3.8) is 0 Å². The van der Waals surface area contributed by atoms with Crippen LogP contribution in [0.25, 0.3) is 5.82 Å². The molecule has 2 heterocycles. The summed E-state index contributed by atoms with van der Waals surface area (Å²) in [5.74, 6) is 0.813. The molecule has 2 aromatic rings. The second-order valence-corrected chi connectivity index (χ2v) is 4.71. The van der Waals surface area contributed by atoms with Crippen molar-refractivity contribution in [3.05, 3.63) is 36.3 Å². The SMILES string of the molecule is CC(C)(C)n1ncc(C=O)c1-n1cccc1. The fourth-order valence-electron chi connectivity index (χ4n) is 1.66. The third kappa shape index (κ3) is 1.66. The molecule has 0 spiro atoms. The van der Waals surface area contributed by atoms with E-state index >= 15 is 0 Å². The first-order valence-electron chi connectivity index (χ1n) is 5.21. The van der Waals surface area contributed by atoms with E-state index in [0.717, 1.165) is 12.1 Å². The fourth-order valence-corrected chi connectivity index (χ4v) is 1.66. The molecule has 2 rings (SSSR count). The molecule has 0 amide bonds. The molecule has 0 aliphatic rings. The van der Waals surface area contributed by atoms with Crippen molar-refractivity contribution >= 4 is 6.29 Å². The van der Waals surface area contributed by atoms with Gasteiger partial charge < -0.3 is 4.57 Å². The maximum Gasteiger partial charge on any atom is 0.155 e. The predicted molar refractivity (Wildman–Crippen MR) is 61.9 cm³/mol. The van der Waals surface area contributed by atoms with Gasteiger partial charge in [-0.3, -0.25) is 4.79 Å². The molecule has 2 aromatic heterocycles. The van der Waals surface area contributed by atoms with Crippen LogP contribution < -0.4 is 0 Å². The van der Waals surface area contributed by atoms with Crippen molar-refractivity contribution in [1.29, 1.82) is 0 Å². The van der Waals surface area contributed by atoms with Gasteiger partial charge in [-0.15, -0.1) is 0 Å². The van der Waals surface area contributed by atoms with E-state index < -0.39 is 0 Å². The van der Waals surface area contributed by atoms with Crippen LogP contribution in [-0.4, -0.2) is 20.6 Å². The van der Waals surface area contributed by atoms with Gasteiger partial charge in [0.05, 0.1) is 17.3 Å². The summed E-state index contributed by atoms with van der Waals surface area (Å²) in [5.41, 5.74) is 0.451. The lowest BCUT2D eigenvalue weighted by molar-refractivity contribution is 0.112. The minimum absolute atomic E-state index is 0.152. The summed E-state index contributed by atoms with van der Waals surface area (Å²) >= 11 is 0. The molecule has 0 aromatic carbocycles. The van der Waals surface area contributed by atoms with Gasteiger partial charge in [0.2, 0.25) is 0 Å². The van der Waals surface area contributed by atoms with E-state index in [-0.39, 0.29) is 5.54 Å². The van der Waals surface area contributed by atoms with Gasteiger partial charge in [0, 0.05) is 12.4 Å². The lowest BCUT2D eigenvalue weighted by Gasteiger charge is -2.22. The van der Waals surface area contributed by atoms with Crippen molar-refractivity contribution in [2.75, 3.05) is 0 Å². The summed E-state index contributed by atoms with van der Waals surface area (Å²) in [6.45, 7) is 6.17. The standard InChI is InChI=1S/C12H15N3O/c1-12(2,3)15-11(10(9-16)8-13-15)14-6-4-5-7-14/h4-9H,1-3H3. The van der Waals surface area contributed by atoms with E-state index in [1.807, 2.05) is 33.8 Å². The Kier molecular flexibility index (Phi) is 2.42. The molecule has 0 atom stereocenters. The summed E-state index contributed by atoms with van der Waals surface area (Å²) in [6.07, 6.45) is 6.26. The molecule has 4 nitrogen and oxygen atoms in total. The van der Waals surface area contributed by atoms with Crippen LogP contribution in [0.2, 0.25) is 0 Å². The zero-order chi connectivity index (χ0) is 11.8. The molecule has 0 saturated heterocycles. The number of rotatable bonds is 2. The highest BCUT2D eigenvalue weighted by molar-refractivity contribution is 5.79. The van der Waals surface area contributed by atoms with Gasteiger partial charge in [-0.2, -0.15) is 5.10 Å². The number of aldehydes is 1. The van der Waals surface area contributed by atoms with Crippen molar-refractivity contribution in [3.8, 4) is 5.82 Å². The Labute approximate surface area is 94.5 Å². The molecule has 16 heavy (non-hydrogen) atoms. The number of aromatic nitrogens is 3. The highest BCUT2D eigenvalue weighted by atomic mass is 16.1. The minimum Gasteiger partial charge on any atom is -0.308 e. The lowest BCUT2D eigenvalue weighted by Crippen LogP contribution is -2.25. The topological polar surface area (TPSA) is 39.8 Å². The molecule has 0 aliphatic heterocycles. The van der Waals surface area contributed by atoms with E-state index in [1.54, 1.807) is 6.20 Å². The second kappa shape index (κ2) is 3.63. The molecule has 0 saturated carbocycles. The zero-order valence-corrected chi connectivity index (χ0v) is 9.71. The molecule has 0 N–H and O–H groups in total. The molecular formula is C12H15N3O. The number of hydrogen-bond acceptors (Lipinski definition) is 2. The predicted octanol–water partition coefficient (Wildman–Crippen LogP) is 2.24. The van der Waals surface area contributed by atoms with Crippen LogP contribution in [-0.2, 0) is 5.54 Å². The average Bonchev–Trinajstić information content (AvgIpc) is 2.84. The van der Waals surface area contributed by atoms with Gasteiger partial charge in [0.1, 0.15) is 5.82 Å². The Morgan fingerprint density at radius 3 is 2.38 bits per heavy atom. The molecular weight excluding hydrogens is 202 g/mol. The third-order valence-electron chi connectivity index (χ3n) is 2.38. The van der Waals surface area contributed by atoms with E-state index in [4.69, 9.17) is 0 Å². The summed E-state index contributed by atoms with van der Waals surface area (Å²) in [7, 11) is 0. The highest BCUT2D eigenvalue weighted by Gasteiger charge is 2.21. The van der Waals surface area contributed by atoms with Crippen LogP contribution in [0.4, 0.5) is 0 Å². The van der Waals surface area contributed by atoms with E-state index in [9.17, 15) is 4.79 Å². The molecule has 0 radical (unpaired) electrons. The Hall–Kier alpha value is -1.84. The average molecular weight is 217 g/mol. The van der Waals surface area contributed by atoms with Crippen molar-refractivity contribution in [2.24, 2.45) is 0 Å². The Morgan fingerprint density at radius 1 is 1.25 bits per heavy atom. The smallest absolute Gasteiger partial charge is 0.155 e. The highest BCUT2D eigenvalue weighted by Crippen LogP contribution is 2.21. The van der Waals surface area contributed by atoms with Gasteiger partial charge in [0.25, 0.3) is 0 Å². The molecule has 84 valence electrons. The quantitative estimate of drug-likeness (QED) is 0.724. The summed E-state index contributed by atoms with van der Waals surface area (Å²) < 4.78 is 3.76. The Morgan fingerprint density at radius 2 is 1.88 bits per heavy atom. The van der Waals surface area contributed by atoms with Crippen LogP contribution >= 0.6 is 0 Å². The molecule has 0 unspecified atom stereocenters. The molecule has 0 bridgehead atoms. The zero-order valence-electron chi connectivity index (χ0n) is 9.71. The van der Waals surface area contributed by atoms with Gasteiger partial charge in [-0.05, 0) is 32.9 Å². The van der Waals surface area contributed by atoms with Gasteiger partial charge in [0.15, 0.2) is 6.29 Å². The maximum atomic E-state index is 11.0. The Bertz CT molecular complexity index is 489. The minimum atomic E-state index is -0.152. The fraction of sp³-hybridized carbons (Fsp3) is 0.333. The molecule has 4 heteroatoms. The van der Waals surface area contributed by atoms with Crippen LogP contribution in [0.5, 0.6) is 0 Å². The lowest BCUT2D eigenvalue weighted by atomic mass is 10.1. The second-order valence-electron chi connectivity index (χ2n) is 4.71. The van der Waals surface area contributed by atoms with Crippen molar-refractivity contribution < 1.29 is 4.79 Å². The number of carbonyl (C=O) groups is 1. The number of hydrogen-bond donors (Lipinski definition) is 0. The van der Waals surface area contributed by atoms with Crippen molar-refractivity contribution in [2.45, 2.75) is 26.3 Å². The first-order chi connectivity index (χ1) is 7.54. The number of nitrogens with zero attached hydrogens (tertiary/aromatic N) is 3. The van der Waals surface area contributed by atoms with E-state index in [1.165, 1.54) is 0 Å². The first-order valence-corrected chi connectivity index (χ1v) is 5.21. The Balaban J connectivity index is 2.65.